The van der Waals surface area contributed by atoms with Gasteiger partial charge in [0.2, 0.25) is 0 Å². The third kappa shape index (κ3) is 4.90. The van der Waals surface area contributed by atoms with E-state index in [9.17, 15) is 13.5 Å². The number of benzene rings is 3. The maximum Gasteiger partial charge on any atom is 0.263 e. The number of aryl methyl sites for hydroxylation is 1. The van der Waals surface area contributed by atoms with Gasteiger partial charge in [0.05, 0.1) is 15.9 Å². The molecular formula is C25H26N4O3S. The average molecular weight is 463 g/mol. The Morgan fingerprint density at radius 1 is 0.848 bits per heavy atom. The zero-order chi connectivity index (χ0) is 23.8. The van der Waals surface area contributed by atoms with Gasteiger partial charge in [-0.3, -0.25) is 4.72 Å². The topological polar surface area (TPSA) is 104 Å². The van der Waals surface area contributed by atoms with Crippen LogP contribution in [0.3, 0.4) is 0 Å². The number of anilines is 3. The molecule has 0 amide bonds. The molecular weight excluding hydrogens is 436 g/mol. The standard InChI is InChI=1S/C25H26N4O3S/c1-16-9-10-17(25(2,3)4)15-22(16)33(31,32)29-24-23(26-18-11-13-19(30)14-12-18)27-20-7-5-6-8-21(20)28-24/h5-15,30H,1-4H3,(H,26,27)(H,28,29). The molecule has 0 saturated heterocycles. The van der Waals surface area contributed by atoms with E-state index in [0.717, 1.165) is 5.56 Å². The monoisotopic (exact) mass is 462 g/mol. The lowest BCUT2D eigenvalue weighted by atomic mass is 9.87. The minimum Gasteiger partial charge on any atom is -0.508 e. The summed E-state index contributed by atoms with van der Waals surface area (Å²) in [5.74, 6) is 0.468. The zero-order valence-corrected chi connectivity index (χ0v) is 19.7. The van der Waals surface area contributed by atoms with E-state index in [0.29, 0.717) is 22.3 Å². The minimum atomic E-state index is -3.95. The van der Waals surface area contributed by atoms with Crippen LogP contribution in [0.5, 0.6) is 5.75 Å². The van der Waals surface area contributed by atoms with Crippen LogP contribution in [0, 0.1) is 6.92 Å². The molecule has 7 nitrogen and oxygen atoms in total. The minimum absolute atomic E-state index is 0.0855. The molecule has 1 heterocycles. The van der Waals surface area contributed by atoms with Gasteiger partial charge in [0, 0.05) is 5.69 Å². The Morgan fingerprint density at radius 3 is 2.06 bits per heavy atom. The Kier molecular flexibility index (Phi) is 5.71. The average Bonchev–Trinajstić information content (AvgIpc) is 2.75. The summed E-state index contributed by atoms with van der Waals surface area (Å²) >= 11 is 0. The van der Waals surface area contributed by atoms with E-state index in [1.54, 1.807) is 37.3 Å². The first-order valence-corrected chi connectivity index (χ1v) is 12.0. The van der Waals surface area contributed by atoms with E-state index >= 15 is 0 Å². The van der Waals surface area contributed by atoms with Crippen LogP contribution in [-0.2, 0) is 15.4 Å². The summed E-state index contributed by atoms with van der Waals surface area (Å²) in [6.07, 6.45) is 0. The molecule has 0 unspecified atom stereocenters. The van der Waals surface area contributed by atoms with E-state index in [4.69, 9.17) is 0 Å². The number of phenolic OH excluding ortho intramolecular Hbond substituents is 1. The number of rotatable bonds is 5. The summed E-state index contributed by atoms with van der Waals surface area (Å²) in [6.45, 7) is 7.88. The van der Waals surface area contributed by atoms with E-state index < -0.39 is 10.0 Å². The van der Waals surface area contributed by atoms with Gasteiger partial charge in [-0.1, -0.05) is 45.0 Å². The Hall–Kier alpha value is -3.65. The second-order valence-corrected chi connectivity index (χ2v) is 10.6. The lowest BCUT2D eigenvalue weighted by molar-refractivity contribution is 0.475. The highest BCUT2D eigenvalue weighted by molar-refractivity contribution is 7.92. The fourth-order valence-electron chi connectivity index (χ4n) is 3.38. The lowest BCUT2D eigenvalue weighted by Gasteiger charge is -2.21. The number of nitrogens with one attached hydrogen (secondary N) is 2. The van der Waals surface area contributed by atoms with Crippen LogP contribution in [0.4, 0.5) is 17.3 Å². The molecule has 0 aliphatic rings. The first-order chi connectivity index (χ1) is 15.5. The largest absolute Gasteiger partial charge is 0.508 e. The maximum absolute atomic E-state index is 13.4. The van der Waals surface area contributed by atoms with Gasteiger partial charge >= 0.3 is 0 Å². The highest BCUT2D eigenvalue weighted by Gasteiger charge is 2.24. The molecule has 8 heteroatoms. The number of aromatic hydroxyl groups is 1. The molecule has 0 atom stereocenters. The second kappa shape index (κ2) is 8.37. The highest BCUT2D eigenvalue weighted by Crippen LogP contribution is 2.30. The van der Waals surface area contributed by atoms with Crippen LogP contribution in [0.15, 0.2) is 71.6 Å². The number of phenols is 1. The summed E-state index contributed by atoms with van der Waals surface area (Å²) in [6, 6.07) is 19.1. The van der Waals surface area contributed by atoms with Crippen molar-refractivity contribution >= 4 is 38.4 Å². The smallest absolute Gasteiger partial charge is 0.263 e. The zero-order valence-electron chi connectivity index (χ0n) is 18.9. The number of hydrogen-bond donors (Lipinski definition) is 3. The van der Waals surface area contributed by atoms with E-state index in [2.05, 4.69) is 20.0 Å². The summed E-state index contributed by atoms with van der Waals surface area (Å²) < 4.78 is 29.5. The molecule has 0 bridgehead atoms. The second-order valence-electron chi connectivity index (χ2n) is 8.92. The summed E-state index contributed by atoms with van der Waals surface area (Å²) in [7, 11) is -3.95. The maximum atomic E-state index is 13.4. The molecule has 0 radical (unpaired) electrons. The molecule has 0 aliphatic carbocycles. The molecule has 1 aromatic heterocycles. The van der Waals surface area contributed by atoms with Gasteiger partial charge in [-0.15, -0.1) is 0 Å². The van der Waals surface area contributed by atoms with Crippen LogP contribution < -0.4 is 10.0 Å². The van der Waals surface area contributed by atoms with Crippen LogP contribution in [0.1, 0.15) is 31.9 Å². The quantitative estimate of drug-likeness (QED) is 0.339. The van der Waals surface area contributed by atoms with E-state index in [-0.39, 0.29) is 27.7 Å². The SMILES string of the molecule is Cc1ccc(C(C)(C)C)cc1S(=O)(=O)Nc1nc2ccccc2nc1Nc1ccc(O)cc1. The molecule has 0 fully saturated rings. The Labute approximate surface area is 193 Å². The Balaban J connectivity index is 1.79. The summed E-state index contributed by atoms with van der Waals surface area (Å²) in [5.41, 5.74) is 3.16. The van der Waals surface area contributed by atoms with Gasteiger partial charge in [-0.05, 0) is 65.9 Å². The molecule has 4 rings (SSSR count). The molecule has 170 valence electrons. The van der Waals surface area contributed by atoms with Gasteiger partial charge in [0.25, 0.3) is 10.0 Å². The number of fused-ring (bicyclic) bond motifs is 1. The first-order valence-electron chi connectivity index (χ1n) is 10.5. The highest BCUT2D eigenvalue weighted by atomic mass is 32.2. The van der Waals surface area contributed by atoms with Crippen molar-refractivity contribution < 1.29 is 13.5 Å². The van der Waals surface area contributed by atoms with E-state index in [1.165, 1.54) is 12.1 Å². The number of nitrogens with zero attached hydrogens (tertiary/aromatic N) is 2. The number of hydrogen-bond acceptors (Lipinski definition) is 6. The van der Waals surface area contributed by atoms with Crippen molar-refractivity contribution in [2.45, 2.75) is 38.0 Å². The fourth-order valence-corrected chi connectivity index (χ4v) is 4.66. The molecule has 4 aromatic rings. The van der Waals surface area contributed by atoms with Crippen LogP contribution in [0.2, 0.25) is 0 Å². The lowest BCUT2D eigenvalue weighted by Crippen LogP contribution is -2.19. The molecule has 33 heavy (non-hydrogen) atoms. The summed E-state index contributed by atoms with van der Waals surface area (Å²) in [5, 5.41) is 12.7. The predicted octanol–water partition coefficient (Wildman–Crippen LogP) is 5.49. The van der Waals surface area contributed by atoms with Crippen LogP contribution >= 0.6 is 0 Å². The number of sulfonamides is 1. The van der Waals surface area contributed by atoms with Crippen molar-refractivity contribution in [3.8, 4) is 5.75 Å². The van der Waals surface area contributed by atoms with Crippen molar-refractivity contribution in [1.29, 1.82) is 0 Å². The molecule has 0 spiro atoms. The van der Waals surface area contributed by atoms with Gasteiger partial charge in [-0.25, -0.2) is 18.4 Å². The third-order valence-corrected chi connectivity index (χ3v) is 6.76. The van der Waals surface area contributed by atoms with Crippen molar-refractivity contribution in [2.24, 2.45) is 0 Å². The normalized spacial score (nSPS) is 12.0. The van der Waals surface area contributed by atoms with Crippen LogP contribution in [0.25, 0.3) is 11.0 Å². The van der Waals surface area contributed by atoms with Gasteiger partial charge in [0.1, 0.15) is 5.75 Å². The molecule has 0 saturated carbocycles. The van der Waals surface area contributed by atoms with Crippen molar-refractivity contribution in [2.75, 3.05) is 10.0 Å². The van der Waals surface area contributed by atoms with Gasteiger partial charge < -0.3 is 10.4 Å². The first kappa shape index (κ1) is 22.5. The van der Waals surface area contributed by atoms with Crippen molar-refractivity contribution in [3.63, 3.8) is 0 Å². The van der Waals surface area contributed by atoms with Gasteiger partial charge in [-0.2, -0.15) is 0 Å². The Morgan fingerprint density at radius 2 is 1.45 bits per heavy atom. The summed E-state index contributed by atoms with van der Waals surface area (Å²) in [4.78, 5) is 9.32. The van der Waals surface area contributed by atoms with Crippen LogP contribution in [-0.4, -0.2) is 23.5 Å². The number of aromatic nitrogens is 2. The fraction of sp³-hybridized carbons (Fsp3) is 0.200. The van der Waals surface area contributed by atoms with E-state index in [1.807, 2.05) is 45.0 Å². The molecule has 3 aromatic carbocycles. The predicted molar refractivity (Wildman–Crippen MR) is 132 cm³/mol. The van der Waals surface area contributed by atoms with Gasteiger partial charge in [0.15, 0.2) is 11.6 Å². The molecule has 0 aliphatic heterocycles. The van der Waals surface area contributed by atoms with Crippen molar-refractivity contribution in [1.82, 2.24) is 9.97 Å². The number of para-hydroxylation sites is 2. The Bertz CT molecular complexity index is 1430. The third-order valence-electron chi connectivity index (χ3n) is 5.28. The van der Waals surface area contributed by atoms with Crippen molar-refractivity contribution in [3.05, 3.63) is 77.9 Å². The molecule has 3 N–H and O–H groups in total.